The lowest BCUT2D eigenvalue weighted by atomic mass is 10.1. The molecule has 2 fully saturated rings. The number of benzene rings is 2. The summed E-state index contributed by atoms with van der Waals surface area (Å²) in [6.45, 7) is 7.93. The summed E-state index contributed by atoms with van der Waals surface area (Å²) in [4.78, 5) is 17.8. The minimum absolute atomic E-state index is 0.125. The largest absolute Gasteiger partial charge is 0.497 e. The Morgan fingerprint density at radius 2 is 2.00 bits per heavy atom. The summed E-state index contributed by atoms with van der Waals surface area (Å²) in [7, 11) is 1.60. The number of nitrogens with zero attached hydrogens (tertiary/aromatic N) is 2. The molecule has 154 valence electrons. The molecule has 0 radical (unpaired) electrons. The normalized spacial score (nSPS) is 22.1. The fourth-order valence-corrected chi connectivity index (χ4v) is 4.78. The van der Waals surface area contributed by atoms with Gasteiger partial charge in [-0.15, -0.1) is 0 Å². The molecule has 2 unspecified atom stereocenters. The third-order valence-corrected chi connectivity index (χ3v) is 6.36. The predicted molar refractivity (Wildman–Crippen MR) is 118 cm³/mol. The lowest BCUT2D eigenvalue weighted by Crippen LogP contribution is -2.39. The Hall–Kier alpha value is -2.53. The van der Waals surface area contributed by atoms with E-state index in [0.717, 1.165) is 24.8 Å². The van der Waals surface area contributed by atoms with Crippen molar-refractivity contribution in [2.75, 3.05) is 37.0 Å². The number of amides is 1. The second kappa shape index (κ2) is 8.46. The molecular formula is C24H31N3O2. The molecule has 29 heavy (non-hydrogen) atoms. The summed E-state index contributed by atoms with van der Waals surface area (Å²) in [6.07, 6.45) is 3.90. The van der Waals surface area contributed by atoms with Gasteiger partial charge in [0.25, 0.3) is 5.91 Å². The van der Waals surface area contributed by atoms with Crippen LogP contribution in [0.2, 0.25) is 0 Å². The molecule has 0 aromatic heterocycles. The summed E-state index contributed by atoms with van der Waals surface area (Å²) < 4.78 is 5.21. The molecule has 2 aromatic carbocycles. The third-order valence-electron chi connectivity index (χ3n) is 6.36. The fraction of sp³-hybridized carbons (Fsp3) is 0.458. The van der Waals surface area contributed by atoms with Gasteiger partial charge >= 0.3 is 0 Å². The molecule has 2 atom stereocenters. The number of aryl methyl sites for hydroxylation is 1. The molecule has 5 nitrogen and oxygen atoms in total. The molecule has 2 saturated heterocycles. The lowest BCUT2D eigenvalue weighted by Gasteiger charge is -2.29. The molecule has 0 saturated carbocycles. The molecule has 0 spiro atoms. The van der Waals surface area contributed by atoms with E-state index in [9.17, 15) is 4.79 Å². The number of hydrogen-bond donors (Lipinski definition) is 1. The van der Waals surface area contributed by atoms with Crippen molar-refractivity contribution >= 4 is 17.3 Å². The van der Waals surface area contributed by atoms with Gasteiger partial charge in [-0.05, 0) is 81.6 Å². The van der Waals surface area contributed by atoms with Gasteiger partial charge in [-0.1, -0.05) is 6.07 Å². The third kappa shape index (κ3) is 4.25. The molecule has 1 N–H and O–H groups in total. The second-order valence-electron chi connectivity index (χ2n) is 8.30. The van der Waals surface area contributed by atoms with Crippen LogP contribution in [-0.4, -0.2) is 49.6 Å². The van der Waals surface area contributed by atoms with Crippen molar-refractivity contribution in [1.29, 1.82) is 0 Å². The number of ether oxygens (including phenoxy) is 1. The van der Waals surface area contributed by atoms with Crippen LogP contribution in [-0.2, 0) is 0 Å². The number of hydrogen-bond acceptors (Lipinski definition) is 4. The predicted octanol–water partition coefficient (Wildman–Crippen LogP) is 4.32. The smallest absolute Gasteiger partial charge is 0.255 e. The molecular weight excluding hydrogens is 362 g/mol. The maximum absolute atomic E-state index is 12.6. The van der Waals surface area contributed by atoms with Gasteiger partial charge in [-0.2, -0.15) is 0 Å². The summed E-state index contributed by atoms with van der Waals surface area (Å²) in [5.74, 6) is 0.556. The van der Waals surface area contributed by atoms with Crippen molar-refractivity contribution in [3.05, 3.63) is 53.6 Å². The number of anilines is 2. The average molecular weight is 394 g/mol. The highest BCUT2D eigenvalue weighted by molar-refractivity contribution is 6.04. The van der Waals surface area contributed by atoms with Crippen LogP contribution in [0, 0.1) is 6.92 Å². The zero-order chi connectivity index (χ0) is 20.4. The number of nitrogens with one attached hydrogen (secondary N) is 1. The van der Waals surface area contributed by atoms with Crippen molar-refractivity contribution in [3.8, 4) is 5.75 Å². The van der Waals surface area contributed by atoms with Crippen LogP contribution < -0.4 is 15.0 Å². The number of methoxy groups -OCH3 is 1. The first-order valence-electron chi connectivity index (χ1n) is 10.6. The van der Waals surface area contributed by atoms with Gasteiger partial charge in [-0.3, -0.25) is 9.69 Å². The monoisotopic (exact) mass is 393 g/mol. The number of carbonyl (C=O) groups excluding carboxylic acids is 1. The van der Waals surface area contributed by atoms with Crippen LogP contribution in [0.5, 0.6) is 5.75 Å². The van der Waals surface area contributed by atoms with Gasteiger partial charge in [-0.25, -0.2) is 0 Å². The Morgan fingerprint density at radius 3 is 2.72 bits per heavy atom. The Balaban J connectivity index is 1.42. The number of carbonyl (C=O) groups is 1. The van der Waals surface area contributed by atoms with E-state index in [0.29, 0.717) is 17.4 Å². The van der Waals surface area contributed by atoms with Gasteiger partial charge in [0.05, 0.1) is 7.11 Å². The highest BCUT2D eigenvalue weighted by atomic mass is 16.5. The maximum atomic E-state index is 12.6. The first kappa shape index (κ1) is 19.8. The Morgan fingerprint density at radius 1 is 1.14 bits per heavy atom. The summed E-state index contributed by atoms with van der Waals surface area (Å²) in [5.41, 5.74) is 3.89. The topological polar surface area (TPSA) is 44.8 Å². The Kier molecular flexibility index (Phi) is 5.76. The molecule has 5 heteroatoms. The lowest BCUT2D eigenvalue weighted by molar-refractivity contribution is 0.102. The fourth-order valence-electron chi connectivity index (χ4n) is 4.78. The highest BCUT2D eigenvalue weighted by Crippen LogP contribution is 2.31. The number of likely N-dealkylation sites (tertiary alicyclic amines) is 1. The Bertz CT molecular complexity index is 882. The molecule has 4 rings (SSSR count). The van der Waals surface area contributed by atoms with Gasteiger partial charge in [0.15, 0.2) is 0 Å². The maximum Gasteiger partial charge on any atom is 0.255 e. The van der Waals surface area contributed by atoms with E-state index in [2.05, 4.69) is 41.1 Å². The molecule has 2 aliphatic rings. The first-order chi connectivity index (χ1) is 14.0. The summed E-state index contributed by atoms with van der Waals surface area (Å²) >= 11 is 0. The molecule has 2 heterocycles. The van der Waals surface area contributed by atoms with E-state index in [-0.39, 0.29) is 5.91 Å². The molecule has 2 aromatic rings. The molecule has 0 bridgehead atoms. The standard InChI is InChI=1S/C24H31N3O2/c1-17-14-20(25-24(28)19-7-4-8-22(15-19)29-3)9-10-23(17)26-13-11-21(16-26)27-12-5-6-18(27)2/h4,7-10,14-15,18,21H,5-6,11-13,16H2,1-3H3,(H,25,28). The van der Waals surface area contributed by atoms with Gasteiger partial charge < -0.3 is 15.0 Å². The van der Waals surface area contributed by atoms with Crippen molar-refractivity contribution < 1.29 is 9.53 Å². The van der Waals surface area contributed by atoms with Crippen molar-refractivity contribution in [3.63, 3.8) is 0 Å². The number of rotatable bonds is 5. The Labute approximate surface area is 173 Å². The molecule has 0 aliphatic carbocycles. The van der Waals surface area contributed by atoms with Crippen molar-refractivity contribution in [2.24, 2.45) is 0 Å². The van der Waals surface area contributed by atoms with Gasteiger partial charge in [0, 0.05) is 42.1 Å². The van der Waals surface area contributed by atoms with Crippen molar-refractivity contribution in [1.82, 2.24) is 4.90 Å². The summed E-state index contributed by atoms with van der Waals surface area (Å²) in [6, 6.07) is 14.8. The van der Waals surface area contributed by atoms with E-state index >= 15 is 0 Å². The quantitative estimate of drug-likeness (QED) is 0.822. The van der Waals surface area contributed by atoms with Gasteiger partial charge in [0.1, 0.15) is 5.75 Å². The van der Waals surface area contributed by atoms with E-state index in [1.165, 1.54) is 37.1 Å². The van der Waals surface area contributed by atoms with Crippen LogP contribution in [0.3, 0.4) is 0 Å². The van der Waals surface area contributed by atoms with Gasteiger partial charge in [0.2, 0.25) is 0 Å². The minimum atomic E-state index is -0.125. The van der Waals surface area contributed by atoms with E-state index in [1.807, 2.05) is 18.2 Å². The molecule has 1 amide bonds. The van der Waals surface area contributed by atoms with Crippen molar-refractivity contribution in [2.45, 2.75) is 45.2 Å². The first-order valence-corrected chi connectivity index (χ1v) is 10.6. The highest BCUT2D eigenvalue weighted by Gasteiger charge is 2.33. The zero-order valence-corrected chi connectivity index (χ0v) is 17.6. The zero-order valence-electron chi connectivity index (χ0n) is 17.6. The van der Waals surface area contributed by atoms with Crippen LogP contribution in [0.15, 0.2) is 42.5 Å². The average Bonchev–Trinajstić information content (AvgIpc) is 3.37. The van der Waals surface area contributed by atoms with E-state index in [4.69, 9.17) is 4.74 Å². The van der Waals surface area contributed by atoms with E-state index in [1.54, 1.807) is 19.2 Å². The van der Waals surface area contributed by atoms with Crippen LogP contribution in [0.1, 0.15) is 42.1 Å². The van der Waals surface area contributed by atoms with Crippen LogP contribution >= 0.6 is 0 Å². The second-order valence-corrected chi connectivity index (χ2v) is 8.30. The SMILES string of the molecule is COc1cccc(C(=O)Nc2ccc(N3CCC(N4CCCC4C)C3)c(C)c2)c1. The van der Waals surface area contributed by atoms with E-state index < -0.39 is 0 Å². The van der Waals surface area contributed by atoms with Crippen LogP contribution in [0.4, 0.5) is 11.4 Å². The van der Waals surface area contributed by atoms with Crippen LogP contribution in [0.25, 0.3) is 0 Å². The summed E-state index contributed by atoms with van der Waals surface area (Å²) in [5, 5.41) is 3.01. The minimum Gasteiger partial charge on any atom is -0.497 e. The molecule has 2 aliphatic heterocycles.